The van der Waals surface area contributed by atoms with Crippen molar-refractivity contribution < 1.29 is 14.6 Å². The van der Waals surface area contributed by atoms with Crippen LogP contribution in [0.25, 0.3) is 0 Å². The second kappa shape index (κ2) is 11.1. The fourth-order valence-electron chi connectivity index (χ4n) is 1.36. The Labute approximate surface area is 138 Å². The summed E-state index contributed by atoms with van der Waals surface area (Å²) in [6, 6.07) is 7.54. The second-order valence-corrected chi connectivity index (χ2v) is 5.36. The van der Waals surface area contributed by atoms with Crippen molar-refractivity contribution in [3.8, 4) is 5.75 Å². The second-order valence-electron chi connectivity index (χ2n) is 4.12. The number of ether oxygens (including phenoxy) is 1. The average molecular weight is 415 g/mol. The normalized spacial score (nSPS) is 11.3. The van der Waals surface area contributed by atoms with Crippen LogP contribution in [0.4, 0.5) is 0 Å². The van der Waals surface area contributed by atoms with Gasteiger partial charge in [0.05, 0.1) is 0 Å². The van der Waals surface area contributed by atoms with Crippen molar-refractivity contribution in [2.45, 2.75) is 18.9 Å². The third-order valence-corrected chi connectivity index (χ3v) is 3.12. The Bertz CT molecular complexity index is 390. The van der Waals surface area contributed by atoms with E-state index in [0.29, 0.717) is 25.1 Å². The highest BCUT2D eigenvalue weighted by molar-refractivity contribution is 14.1. The standard InChI is InChI=1S/C13H19IN2O3.ClH/c14-10-3-5-12(6-4-10)19-9-11(17)8-16-13(18)2-1-7-15;/h3-6,11,17H,1-2,7-9,15H2,(H,16,18);1H. The van der Waals surface area contributed by atoms with Gasteiger partial charge in [0.25, 0.3) is 0 Å². The molecule has 1 amide bonds. The number of nitrogens with one attached hydrogen (secondary N) is 1. The molecule has 0 bridgehead atoms. The lowest BCUT2D eigenvalue weighted by Gasteiger charge is -2.13. The van der Waals surface area contributed by atoms with Crippen LogP contribution < -0.4 is 15.8 Å². The predicted molar refractivity (Wildman–Crippen MR) is 89.2 cm³/mol. The lowest BCUT2D eigenvalue weighted by atomic mass is 10.3. The van der Waals surface area contributed by atoms with Crippen LogP contribution in [0.15, 0.2) is 24.3 Å². The number of aliphatic hydroxyl groups excluding tert-OH is 1. The van der Waals surface area contributed by atoms with Gasteiger partial charge in [0.1, 0.15) is 18.5 Å². The number of hydrogen-bond donors (Lipinski definition) is 3. The Kier molecular flexibility index (Phi) is 10.8. The zero-order valence-electron chi connectivity index (χ0n) is 11.0. The number of hydrogen-bond acceptors (Lipinski definition) is 4. The lowest BCUT2D eigenvalue weighted by molar-refractivity contribution is -0.121. The van der Waals surface area contributed by atoms with Crippen LogP contribution in [-0.4, -0.2) is 36.8 Å². The first-order valence-electron chi connectivity index (χ1n) is 6.15. The van der Waals surface area contributed by atoms with Crippen LogP contribution >= 0.6 is 35.0 Å². The molecule has 4 N–H and O–H groups in total. The van der Waals surface area contributed by atoms with E-state index in [1.54, 1.807) is 0 Å². The number of nitrogens with two attached hydrogens (primary N) is 1. The fraction of sp³-hybridized carbons (Fsp3) is 0.462. The maximum absolute atomic E-state index is 11.3. The van der Waals surface area contributed by atoms with Crippen molar-refractivity contribution in [1.82, 2.24) is 5.32 Å². The third-order valence-electron chi connectivity index (χ3n) is 2.40. The van der Waals surface area contributed by atoms with Gasteiger partial charge in [0, 0.05) is 16.5 Å². The van der Waals surface area contributed by atoms with E-state index in [-0.39, 0.29) is 31.5 Å². The summed E-state index contributed by atoms with van der Waals surface area (Å²) in [6.45, 7) is 0.831. The zero-order valence-corrected chi connectivity index (χ0v) is 14.0. The molecule has 0 saturated heterocycles. The average Bonchev–Trinajstić information content (AvgIpc) is 2.42. The van der Waals surface area contributed by atoms with E-state index in [9.17, 15) is 9.90 Å². The summed E-state index contributed by atoms with van der Waals surface area (Å²) in [6.07, 6.45) is 0.323. The van der Waals surface area contributed by atoms with Gasteiger partial charge in [-0.05, 0) is 59.8 Å². The molecule has 7 heteroatoms. The molecule has 0 aromatic heterocycles. The van der Waals surface area contributed by atoms with Gasteiger partial charge in [-0.15, -0.1) is 12.4 Å². The van der Waals surface area contributed by atoms with Gasteiger partial charge in [-0.2, -0.15) is 0 Å². The molecule has 0 fully saturated rings. The van der Waals surface area contributed by atoms with Crippen LogP contribution in [0.5, 0.6) is 5.75 Å². The number of rotatable bonds is 8. The molecular formula is C13H20ClIN2O3. The molecule has 0 spiro atoms. The van der Waals surface area contributed by atoms with Gasteiger partial charge in [-0.25, -0.2) is 0 Å². The monoisotopic (exact) mass is 414 g/mol. The molecule has 1 rings (SSSR count). The van der Waals surface area contributed by atoms with Crippen molar-refractivity contribution >= 4 is 40.9 Å². The summed E-state index contributed by atoms with van der Waals surface area (Å²) in [4.78, 5) is 11.3. The number of carbonyl (C=O) groups is 1. The fourth-order valence-corrected chi connectivity index (χ4v) is 1.72. The number of benzene rings is 1. The smallest absolute Gasteiger partial charge is 0.220 e. The van der Waals surface area contributed by atoms with E-state index in [2.05, 4.69) is 27.9 Å². The molecular weight excluding hydrogens is 395 g/mol. The molecule has 0 aliphatic heterocycles. The summed E-state index contributed by atoms with van der Waals surface area (Å²) < 4.78 is 6.53. The van der Waals surface area contributed by atoms with Gasteiger partial charge in [-0.3, -0.25) is 4.79 Å². The van der Waals surface area contributed by atoms with Crippen molar-refractivity contribution in [1.29, 1.82) is 0 Å². The summed E-state index contributed by atoms with van der Waals surface area (Å²) in [5, 5.41) is 12.3. The van der Waals surface area contributed by atoms with E-state index < -0.39 is 6.10 Å². The SMILES string of the molecule is Cl.NCCCC(=O)NCC(O)COc1ccc(I)cc1. The van der Waals surface area contributed by atoms with Crippen molar-refractivity contribution in [3.05, 3.63) is 27.8 Å². The molecule has 0 aliphatic carbocycles. The van der Waals surface area contributed by atoms with E-state index >= 15 is 0 Å². The molecule has 0 saturated carbocycles. The number of aliphatic hydroxyl groups is 1. The van der Waals surface area contributed by atoms with Gasteiger partial charge >= 0.3 is 0 Å². The quantitative estimate of drug-likeness (QED) is 0.560. The molecule has 0 radical (unpaired) electrons. The van der Waals surface area contributed by atoms with E-state index in [1.165, 1.54) is 0 Å². The topological polar surface area (TPSA) is 84.6 Å². The van der Waals surface area contributed by atoms with Crippen LogP contribution in [-0.2, 0) is 4.79 Å². The Morgan fingerprint density at radius 2 is 2.05 bits per heavy atom. The molecule has 1 aromatic carbocycles. The molecule has 1 aromatic rings. The maximum atomic E-state index is 11.3. The van der Waals surface area contributed by atoms with Crippen molar-refractivity contribution in [2.24, 2.45) is 5.73 Å². The van der Waals surface area contributed by atoms with Crippen LogP contribution in [0.3, 0.4) is 0 Å². The van der Waals surface area contributed by atoms with Gasteiger partial charge in [0.15, 0.2) is 0 Å². The summed E-state index contributed by atoms with van der Waals surface area (Å²) in [5.74, 6) is 0.604. The highest BCUT2D eigenvalue weighted by Gasteiger charge is 2.07. The minimum atomic E-state index is -0.721. The van der Waals surface area contributed by atoms with Crippen molar-refractivity contribution in [2.75, 3.05) is 19.7 Å². The zero-order chi connectivity index (χ0) is 14.1. The highest BCUT2D eigenvalue weighted by atomic mass is 127. The van der Waals surface area contributed by atoms with Gasteiger partial charge in [0.2, 0.25) is 5.91 Å². The Morgan fingerprint density at radius 1 is 1.40 bits per heavy atom. The lowest BCUT2D eigenvalue weighted by Crippen LogP contribution is -2.35. The molecule has 0 heterocycles. The summed E-state index contributed by atoms with van der Waals surface area (Å²) in [5.41, 5.74) is 5.31. The molecule has 1 unspecified atom stereocenters. The number of amides is 1. The van der Waals surface area contributed by atoms with E-state index in [4.69, 9.17) is 10.5 Å². The largest absolute Gasteiger partial charge is 0.491 e. The Hall–Kier alpha value is -0.570. The molecule has 0 aliphatic rings. The third kappa shape index (κ3) is 8.57. The minimum absolute atomic E-state index is 0. The van der Waals surface area contributed by atoms with Crippen LogP contribution in [0.1, 0.15) is 12.8 Å². The Balaban J connectivity index is 0.00000361. The molecule has 1 atom stereocenters. The summed E-state index contributed by atoms with van der Waals surface area (Å²) >= 11 is 2.21. The minimum Gasteiger partial charge on any atom is -0.491 e. The van der Waals surface area contributed by atoms with E-state index in [1.807, 2.05) is 24.3 Å². The molecule has 5 nitrogen and oxygen atoms in total. The predicted octanol–water partition coefficient (Wildman–Crippen LogP) is 1.31. The first-order valence-corrected chi connectivity index (χ1v) is 7.23. The van der Waals surface area contributed by atoms with Gasteiger partial charge in [-0.1, -0.05) is 0 Å². The van der Waals surface area contributed by atoms with Crippen LogP contribution in [0.2, 0.25) is 0 Å². The van der Waals surface area contributed by atoms with Gasteiger partial charge < -0.3 is 20.9 Å². The van der Waals surface area contributed by atoms with Crippen LogP contribution in [0, 0.1) is 3.57 Å². The van der Waals surface area contributed by atoms with E-state index in [0.717, 1.165) is 3.57 Å². The first kappa shape index (κ1) is 19.4. The highest BCUT2D eigenvalue weighted by Crippen LogP contribution is 2.13. The maximum Gasteiger partial charge on any atom is 0.220 e. The number of halogens is 2. The molecule has 114 valence electrons. The molecule has 20 heavy (non-hydrogen) atoms. The first-order chi connectivity index (χ1) is 9.11. The summed E-state index contributed by atoms with van der Waals surface area (Å²) in [7, 11) is 0. The number of carbonyl (C=O) groups excluding carboxylic acids is 1. The Morgan fingerprint density at radius 3 is 2.65 bits per heavy atom. The van der Waals surface area contributed by atoms with Crippen molar-refractivity contribution in [3.63, 3.8) is 0 Å².